The molecular weight excluding hydrogens is 314 g/mol. The second kappa shape index (κ2) is 6.07. The average molecular weight is 331 g/mol. The summed E-state index contributed by atoms with van der Waals surface area (Å²) in [5, 5.41) is 3.12. The van der Waals surface area contributed by atoms with E-state index >= 15 is 0 Å². The maximum Gasteiger partial charge on any atom is 0.251 e. The molecule has 1 fully saturated rings. The summed E-state index contributed by atoms with van der Waals surface area (Å²) in [5.41, 5.74) is 1.74. The highest BCUT2D eigenvalue weighted by Crippen LogP contribution is 2.27. The van der Waals surface area contributed by atoms with Crippen LogP contribution in [-0.4, -0.2) is 17.8 Å². The zero-order valence-electron chi connectivity index (χ0n) is 10.4. The lowest BCUT2D eigenvalue weighted by atomic mass is 10.0. The molecule has 2 rings (SSSR count). The maximum atomic E-state index is 12.2. The van der Waals surface area contributed by atoms with Crippen LogP contribution in [0.2, 0.25) is 0 Å². The van der Waals surface area contributed by atoms with Crippen LogP contribution < -0.4 is 5.32 Å². The average Bonchev–Trinajstić information content (AvgIpc) is 2.76. The lowest BCUT2D eigenvalue weighted by Crippen LogP contribution is -2.38. The van der Waals surface area contributed by atoms with Gasteiger partial charge in [-0.1, -0.05) is 22.4 Å². The van der Waals surface area contributed by atoms with Crippen LogP contribution in [0.15, 0.2) is 22.7 Å². The van der Waals surface area contributed by atoms with Gasteiger partial charge in [0.25, 0.3) is 5.91 Å². The molecule has 0 saturated heterocycles. The van der Waals surface area contributed by atoms with Gasteiger partial charge in [-0.2, -0.15) is 0 Å². The van der Waals surface area contributed by atoms with E-state index in [4.69, 9.17) is 11.6 Å². The van der Waals surface area contributed by atoms with Crippen LogP contribution in [0.4, 0.5) is 0 Å². The van der Waals surface area contributed by atoms with Crippen LogP contribution >= 0.6 is 27.5 Å². The van der Waals surface area contributed by atoms with E-state index in [1.807, 2.05) is 25.1 Å². The number of amides is 1. The summed E-state index contributed by atoms with van der Waals surface area (Å²) >= 11 is 9.33. The fourth-order valence-electron chi connectivity index (χ4n) is 2.54. The summed E-state index contributed by atoms with van der Waals surface area (Å²) in [6.45, 7) is 1.95. The minimum Gasteiger partial charge on any atom is -0.349 e. The Morgan fingerprint density at radius 2 is 2.28 bits per heavy atom. The molecule has 1 aromatic rings. The standard InChI is InChI=1S/C14H17BrClNO/c1-9-7-11(15)5-6-12(9)14(18)17-13-4-2-3-10(13)8-16/h5-7,10,13H,2-4,8H2,1H3,(H,17,18). The maximum absolute atomic E-state index is 12.2. The molecule has 18 heavy (non-hydrogen) atoms. The van der Waals surface area contributed by atoms with Crippen molar-refractivity contribution < 1.29 is 4.79 Å². The third kappa shape index (κ3) is 3.07. The van der Waals surface area contributed by atoms with E-state index in [2.05, 4.69) is 21.2 Å². The van der Waals surface area contributed by atoms with Crippen molar-refractivity contribution in [3.8, 4) is 0 Å². The Labute approximate surface area is 121 Å². The Hall–Kier alpha value is -0.540. The first-order valence-electron chi connectivity index (χ1n) is 6.25. The number of hydrogen-bond acceptors (Lipinski definition) is 1. The first kappa shape index (κ1) is 13.9. The van der Waals surface area contributed by atoms with Gasteiger partial charge in [-0.05, 0) is 49.4 Å². The van der Waals surface area contributed by atoms with Gasteiger partial charge in [-0.15, -0.1) is 11.6 Å². The van der Waals surface area contributed by atoms with Crippen molar-refractivity contribution in [2.75, 3.05) is 5.88 Å². The predicted octanol–water partition coefficient (Wildman–Crippen LogP) is 3.89. The Kier molecular flexibility index (Phi) is 4.68. The molecule has 2 unspecified atom stereocenters. The molecule has 0 spiro atoms. The van der Waals surface area contributed by atoms with Gasteiger partial charge in [0.1, 0.15) is 0 Å². The summed E-state index contributed by atoms with van der Waals surface area (Å²) in [4.78, 5) is 12.2. The van der Waals surface area contributed by atoms with Crippen LogP contribution in [0, 0.1) is 12.8 Å². The van der Waals surface area contributed by atoms with Crippen molar-refractivity contribution in [1.29, 1.82) is 0 Å². The molecule has 0 heterocycles. The van der Waals surface area contributed by atoms with E-state index in [9.17, 15) is 4.79 Å². The summed E-state index contributed by atoms with van der Waals surface area (Å²) in [7, 11) is 0. The highest BCUT2D eigenvalue weighted by atomic mass is 79.9. The molecule has 0 aromatic heterocycles. The van der Waals surface area contributed by atoms with Crippen LogP contribution in [0.1, 0.15) is 35.2 Å². The van der Waals surface area contributed by atoms with Crippen molar-refractivity contribution in [3.63, 3.8) is 0 Å². The molecule has 2 nitrogen and oxygen atoms in total. The Morgan fingerprint density at radius 3 is 2.94 bits per heavy atom. The molecule has 1 aliphatic rings. The van der Waals surface area contributed by atoms with Gasteiger partial charge >= 0.3 is 0 Å². The summed E-state index contributed by atoms with van der Waals surface area (Å²) < 4.78 is 0.996. The third-order valence-electron chi connectivity index (χ3n) is 3.61. The lowest BCUT2D eigenvalue weighted by molar-refractivity contribution is 0.0929. The topological polar surface area (TPSA) is 29.1 Å². The first-order valence-corrected chi connectivity index (χ1v) is 7.57. The van der Waals surface area contributed by atoms with E-state index in [1.165, 1.54) is 0 Å². The molecule has 1 aromatic carbocycles. The van der Waals surface area contributed by atoms with Crippen LogP contribution in [0.25, 0.3) is 0 Å². The fourth-order valence-corrected chi connectivity index (χ4v) is 3.38. The zero-order chi connectivity index (χ0) is 13.1. The quantitative estimate of drug-likeness (QED) is 0.837. The minimum absolute atomic E-state index is 0.0158. The number of halogens is 2. The van der Waals surface area contributed by atoms with Crippen molar-refractivity contribution >= 4 is 33.4 Å². The van der Waals surface area contributed by atoms with Gasteiger partial charge in [-0.25, -0.2) is 0 Å². The summed E-state index contributed by atoms with van der Waals surface area (Å²) in [5.74, 6) is 1.07. The van der Waals surface area contributed by atoms with E-state index in [0.29, 0.717) is 11.8 Å². The molecule has 2 atom stereocenters. The van der Waals surface area contributed by atoms with Crippen LogP contribution in [0.3, 0.4) is 0 Å². The molecule has 1 aliphatic carbocycles. The molecule has 1 saturated carbocycles. The van der Waals surface area contributed by atoms with Crippen LogP contribution in [-0.2, 0) is 0 Å². The molecule has 0 aliphatic heterocycles. The van der Waals surface area contributed by atoms with Gasteiger partial charge in [0.15, 0.2) is 0 Å². The smallest absolute Gasteiger partial charge is 0.251 e. The van der Waals surface area contributed by atoms with Crippen molar-refractivity contribution in [2.45, 2.75) is 32.2 Å². The second-order valence-corrected chi connectivity index (χ2v) is 6.11. The van der Waals surface area contributed by atoms with Crippen molar-refractivity contribution in [2.24, 2.45) is 5.92 Å². The number of carbonyl (C=O) groups excluding carboxylic acids is 1. The number of nitrogens with one attached hydrogen (secondary N) is 1. The van der Waals surface area contributed by atoms with Crippen molar-refractivity contribution in [1.82, 2.24) is 5.32 Å². The van der Waals surface area contributed by atoms with E-state index in [0.717, 1.165) is 34.9 Å². The highest BCUT2D eigenvalue weighted by molar-refractivity contribution is 9.10. The minimum atomic E-state index is 0.0158. The lowest BCUT2D eigenvalue weighted by Gasteiger charge is -2.19. The van der Waals surface area contributed by atoms with Crippen LogP contribution in [0.5, 0.6) is 0 Å². The predicted molar refractivity (Wildman–Crippen MR) is 78.2 cm³/mol. The van der Waals surface area contributed by atoms with Gasteiger partial charge in [0, 0.05) is 22.0 Å². The fraction of sp³-hybridized carbons (Fsp3) is 0.500. The number of rotatable bonds is 3. The normalized spacial score (nSPS) is 23.1. The zero-order valence-corrected chi connectivity index (χ0v) is 12.7. The van der Waals surface area contributed by atoms with Gasteiger partial charge in [-0.3, -0.25) is 4.79 Å². The number of hydrogen-bond donors (Lipinski definition) is 1. The molecule has 1 N–H and O–H groups in total. The molecule has 1 amide bonds. The summed E-state index contributed by atoms with van der Waals surface area (Å²) in [6.07, 6.45) is 3.31. The number of carbonyl (C=O) groups is 1. The number of aryl methyl sites for hydroxylation is 1. The van der Waals surface area contributed by atoms with Crippen molar-refractivity contribution in [3.05, 3.63) is 33.8 Å². The van der Waals surface area contributed by atoms with E-state index in [1.54, 1.807) is 0 Å². The monoisotopic (exact) mass is 329 g/mol. The molecular formula is C14H17BrClNO. The molecule has 0 bridgehead atoms. The molecule has 98 valence electrons. The second-order valence-electron chi connectivity index (χ2n) is 4.88. The SMILES string of the molecule is Cc1cc(Br)ccc1C(=O)NC1CCCC1CCl. The van der Waals surface area contributed by atoms with Gasteiger partial charge in [0.2, 0.25) is 0 Å². The van der Waals surface area contributed by atoms with Gasteiger partial charge < -0.3 is 5.32 Å². The Morgan fingerprint density at radius 1 is 1.50 bits per heavy atom. The largest absolute Gasteiger partial charge is 0.349 e. The number of alkyl halides is 1. The van der Waals surface area contributed by atoms with E-state index < -0.39 is 0 Å². The Bertz CT molecular complexity index is 449. The first-order chi connectivity index (χ1) is 8.61. The van der Waals surface area contributed by atoms with Gasteiger partial charge in [0.05, 0.1) is 0 Å². The third-order valence-corrected chi connectivity index (χ3v) is 4.50. The summed E-state index contributed by atoms with van der Waals surface area (Å²) in [6, 6.07) is 5.95. The Balaban J connectivity index is 2.07. The van der Waals surface area contributed by atoms with E-state index in [-0.39, 0.29) is 11.9 Å². The number of benzene rings is 1. The molecule has 0 radical (unpaired) electrons. The molecule has 4 heteroatoms. The highest BCUT2D eigenvalue weighted by Gasteiger charge is 2.28.